The molecule has 1 aliphatic carbocycles. The Bertz CT molecular complexity index is 358. The SMILES string of the molecule is CCC(N)Cc1ccccc1N(CC)C1CC1. The molecule has 1 atom stereocenters. The summed E-state index contributed by atoms with van der Waals surface area (Å²) in [7, 11) is 0. The zero-order valence-electron chi connectivity index (χ0n) is 11.0. The highest BCUT2D eigenvalue weighted by Crippen LogP contribution is 2.33. The minimum atomic E-state index is 0.286. The van der Waals surface area contributed by atoms with Gasteiger partial charge in [-0.2, -0.15) is 0 Å². The molecule has 1 saturated carbocycles. The molecule has 2 nitrogen and oxygen atoms in total. The van der Waals surface area contributed by atoms with Crippen LogP contribution >= 0.6 is 0 Å². The summed E-state index contributed by atoms with van der Waals surface area (Å²) in [6, 6.07) is 9.81. The zero-order chi connectivity index (χ0) is 12.3. The van der Waals surface area contributed by atoms with Crippen LogP contribution in [0.3, 0.4) is 0 Å². The number of hydrogen-bond acceptors (Lipinski definition) is 2. The van der Waals surface area contributed by atoms with Gasteiger partial charge in [0, 0.05) is 24.3 Å². The fraction of sp³-hybridized carbons (Fsp3) is 0.600. The summed E-state index contributed by atoms with van der Waals surface area (Å²) in [4.78, 5) is 2.54. The van der Waals surface area contributed by atoms with Crippen molar-refractivity contribution in [3.63, 3.8) is 0 Å². The maximum absolute atomic E-state index is 6.09. The van der Waals surface area contributed by atoms with E-state index in [-0.39, 0.29) is 6.04 Å². The van der Waals surface area contributed by atoms with Gasteiger partial charge in [-0.25, -0.2) is 0 Å². The molecule has 1 fully saturated rings. The largest absolute Gasteiger partial charge is 0.369 e. The van der Waals surface area contributed by atoms with E-state index in [0.717, 1.165) is 25.4 Å². The fourth-order valence-electron chi connectivity index (χ4n) is 2.40. The average molecular weight is 232 g/mol. The minimum Gasteiger partial charge on any atom is -0.369 e. The molecule has 0 bridgehead atoms. The van der Waals surface area contributed by atoms with Gasteiger partial charge in [-0.3, -0.25) is 0 Å². The number of para-hydroxylation sites is 1. The van der Waals surface area contributed by atoms with E-state index in [1.807, 2.05) is 0 Å². The second-order valence-electron chi connectivity index (χ2n) is 5.02. The fourth-order valence-corrected chi connectivity index (χ4v) is 2.40. The lowest BCUT2D eigenvalue weighted by Gasteiger charge is -2.26. The maximum atomic E-state index is 6.09. The van der Waals surface area contributed by atoms with Crippen LogP contribution in [0.4, 0.5) is 5.69 Å². The van der Waals surface area contributed by atoms with Crippen molar-refractivity contribution in [3.05, 3.63) is 29.8 Å². The zero-order valence-corrected chi connectivity index (χ0v) is 11.0. The summed E-state index contributed by atoms with van der Waals surface area (Å²) >= 11 is 0. The molecule has 2 heteroatoms. The third kappa shape index (κ3) is 3.01. The van der Waals surface area contributed by atoms with Gasteiger partial charge in [-0.15, -0.1) is 0 Å². The number of nitrogens with two attached hydrogens (primary N) is 1. The Labute approximate surface area is 105 Å². The smallest absolute Gasteiger partial charge is 0.0401 e. The molecule has 0 amide bonds. The summed E-state index contributed by atoms with van der Waals surface area (Å²) in [5.41, 5.74) is 8.91. The standard InChI is InChI=1S/C15H24N2/c1-3-13(16)11-12-7-5-6-8-15(12)17(4-2)14-9-10-14/h5-8,13-14H,3-4,9-11,16H2,1-2H3. The van der Waals surface area contributed by atoms with Crippen LogP contribution in [0.15, 0.2) is 24.3 Å². The number of rotatable bonds is 6. The Morgan fingerprint density at radius 1 is 1.29 bits per heavy atom. The van der Waals surface area contributed by atoms with Crippen molar-refractivity contribution in [2.24, 2.45) is 5.73 Å². The first kappa shape index (κ1) is 12.4. The number of anilines is 1. The predicted octanol–water partition coefficient (Wildman–Crippen LogP) is 2.96. The first-order valence-corrected chi connectivity index (χ1v) is 6.86. The van der Waals surface area contributed by atoms with Crippen molar-refractivity contribution >= 4 is 5.69 Å². The Morgan fingerprint density at radius 3 is 2.59 bits per heavy atom. The molecule has 0 aromatic heterocycles. The van der Waals surface area contributed by atoms with E-state index in [2.05, 4.69) is 43.0 Å². The Kier molecular flexibility index (Phi) is 4.06. The van der Waals surface area contributed by atoms with Crippen LogP contribution in [0.25, 0.3) is 0 Å². The van der Waals surface area contributed by atoms with E-state index < -0.39 is 0 Å². The highest BCUT2D eigenvalue weighted by atomic mass is 15.2. The maximum Gasteiger partial charge on any atom is 0.0401 e. The molecule has 2 rings (SSSR count). The van der Waals surface area contributed by atoms with Gasteiger partial charge in [-0.05, 0) is 44.2 Å². The second-order valence-corrected chi connectivity index (χ2v) is 5.02. The molecule has 0 radical (unpaired) electrons. The monoisotopic (exact) mass is 232 g/mol. The quantitative estimate of drug-likeness (QED) is 0.817. The van der Waals surface area contributed by atoms with E-state index in [1.54, 1.807) is 0 Å². The number of nitrogens with zero attached hydrogens (tertiary/aromatic N) is 1. The molecular weight excluding hydrogens is 208 g/mol. The van der Waals surface area contributed by atoms with Crippen LogP contribution < -0.4 is 10.6 Å². The first-order valence-electron chi connectivity index (χ1n) is 6.86. The molecule has 17 heavy (non-hydrogen) atoms. The number of hydrogen-bond donors (Lipinski definition) is 1. The molecule has 0 spiro atoms. The van der Waals surface area contributed by atoms with Crippen molar-refractivity contribution in [1.82, 2.24) is 0 Å². The third-order valence-electron chi connectivity index (χ3n) is 3.64. The van der Waals surface area contributed by atoms with Crippen LogP contribution in [0.2, 0.25) is 0 Å². The highest BCUT2D eigenvalue weighted by molar-refractivity contribution is 5.55. The number of benzene rings is 1. The highest BCUT2D eigenvalue weighted by Gasteiger charge is 2.29. The molecule has 1 aromatic carbocycles. The van der Waals surface area contributed by atoms with Crippen LogP contribution in [-0.2, 0) is 6.42 Å². The van der Waals surface area contributed by atoms with Crippen molar-refractivity contribution in [1.29, 1.82) is 0 Å². The van der Waals surface area contributed by atoms with Gasteiger partial charge in [0.1, 0.15) is 0 Å². The summed E-state index contributed by atoms with van der Waals surface area (Å²) in [5.74, 6) is 0. The molecule has 0 saturated heterocycles. The summed E-state index contributed by atoms with van der Waals surface area (Å²) in [6.07, 6.45) is 4.74. The molecular formula is C15H24N2. The molecule has 2 N–H and O–H groups in total. The van der Waals surface area contributed by atoms with Crippen LogP contribution in [-0.4, -0.2) is 18.6 Å². The third-order valence-corrected chi connectivity index (χ3v) is 3.64. The van der Waals surface area contributed by atoms with E-state index in [4.69, 9.17) is 5.73 Å². The molecule has 0 aliphatic heterocycles. The molecule has 1 unspecified atom stereocenters. The van der Waals surface area contributed by atoms with E-state index in [9.17, 15) is 0 Å². The van der Waals surface area contributed by atoms with Crippen molar-refractivity contribution in [3.8, 4) is 0 Å². The second kappa shape index (κ2) is 5.54. The molecule has 1 aliphatic rings. The summed E-state index contributed by atoms with van der Waals surface area (Å²) in [5, 5.41) is 0. The van der Waals surface area contributed by atoms with Crippen LogP contribution in [0, 0.1) is 0 Å². The molecule has 1 aromatic rings. The molecule has 0 heterocycles. The normalized spacial score (nSPS) is 16.9. The van der Waals surface area contributed by atoms with Crippen LogP contribution in [0.1, 0.15) is 38.7 Å². The van der Waals surface area contributed by atoms with Crippen LogP contribution in [0.5, 0.6) is 0 Å². The van der Waals surface area contributed by atoms with Gasteiger partial charge in [0.15, 0.2) is 0 Å². The molecule has 94 valence electrons. The van der Waals surface area contributed by atoms with Gasteiger partial charge >= 0.3 is 0 Å². The van der Waals surface area contributed by atoms with Gasteiger partial charge in [0.25, 0.3) is 0 Å². The Balaban J connectivity index is 2.19. The van der Waals surface area contributed by atoms with Gasteiger partial charge in [-0.1, -0.05) is 25.1 Å². The van der Waals surface area contributed by atoms with Gasteiger partial charge < -0.3 is 10.6 Å². The lowest BCUT2D eigenvalue weighted by molar-refractivity contribution is 0.644. The van der Waals surface area contributed by atoms with Crippen molar-refractivity contribution in [2.75, 3.05) is 11.4 Å². The topological polar surface area (TPSA) is 29.3 Å². The van der Waals surface area contributed by atoms with E-state index in [0.29, 0.717) is 0 Å². The summed E-state index contributed by atoms with van der Waals surface area (Å²) < 4.78 is 0. The van der Waals surface area contributed by atoms with Gasteiger partial charge in [0.2, 0.25) is 0 Å². The van der Waals surface area contributed by atoms with Crippen molar-refractivity contribution in [2.45, 2.75) is 51.6 Å². The Hall–Kier alpha value is -1.02. The lowest BCUT2D eigenvalue weighted by atomic mass is 10.0. The van der Waals surface area contributed by atoms with Gasteiger partial charge in [0.05, 0.1) is 0 Å². The minimum absolute atomic E-state index is 0.286. The average Bonchev–Trinajstić information content (AvgIpc) is 3.16. The summed E-state index contributed by atoms with van der Waals surface area (Å²) in [6.45, 7) is 5.50. The van der Waals surface area contributed by atoms with E-state index in [1.165, 1.54) is 24.1 Å². The Morgan fingerprint density at radius 2 is 2.00 bits per heavy atom. The van der Waals surface area contributed by atoms with Crippen molar-refractivity contribution < 1.29 is 0 Å². The predicted molar refractivity (Wildman–Crippen MR) is 74.5 cm³/mol. The first-order chi connectivity index (χ1) is 8.26. The lowest BCUT2D eigenvalue weighted by Crippen LogP contribution is -2.28. The van der Waals surface area contributed by atoms with E-state index >= 15 is 0 Å².